The summed E-state index contributed by atoms with van der Waals surface area (Å²) in [7, 11) is 1.78. The Balaban J connectivity index is 1.69. The van der Waals surface area contributed by atoms with Gasteiger partial charge in [-0.15, -0.1) is 11.8 Å². The summed E-state index contributed by atoms with van der Waals surface area (Å²) in [6.45, 7) is 6.62. The Morgan fingerprint density at radius 2 is 1.70 bits per heavy atom. The molecular formula is C25H30N4O3S. The Morgan fingerprint density at radius 1 is 1.03 bits per heavy atom. The van der Waals surface area contributed by atoms with Gasteiger partial charge >= 0.3 is 0 Å². The number of para-hydroxylation sites is 1. The molecule has 0 fully saturated rings. The van der Waals surface area contributed by atoms with Gasteiger partial charge in [0.1, 0.15) is 5.69 Å². The number of carbonyl (C=O) groups is 2. The molecule has 0 aliphatic carbocycles. The molecule has 3 rings (SSSR count). The minimum Gasteiger partial charge on any atom is -0.352 e. The average Bonchev–Trinajstić information content (AvgIpc) is 3.01. The van der Waals surface area contributed by atoms with Crippen molar-refractivity contribution < 1.29 is 9.59 Å². The number of anilines is 1. The molecule has 0 atom stereocenters. The van der Waals surface area contributed by atoms with Crippen LogP contribution in [0.15, 0.2) is 64.3 Å². The van der Waals surface area contributed by atoms with Gasteiger partial charge in [-0.25, -0.2) is 4.68 Å². The molecule has 0 unspecified atom stereocenters. The van der Waals surface area contributed by atoms with Gasteiger partial charge in [-0.1, -0.05) is 44.2 Å². The number of nitrogens with one attached hydrogen (secondary N) is 2. The average molecular weight is 467 g/mol. The summed E-state index contributed by atoms with van der Waals surface area (Å²) in [6, 6.07) is 16.5. The van der Waals surface area contributed by atoms with Crippen LogP contribution in [0.1, 0.15) is 36.3 Å². The molecule has 2 aromatic carbocycles. The van der Waals surface area contributed by atoms with Crippen molar-refractivity contribution in [2.24, 2.45) is 13.0 Å². The summed E-state index contributed by atoms with van der Waals surface area (Å²) in [5.41, 5.74) is 1.89. The van der Waals surface area contributed by atoms with E-state index < -0.39 is 0 Å². The highest BCUT2D eigenvalue weighted by molar-refractivity contribution is 8.00. The van der Waals surface area contributed by atoms with Crippen molar-refractivity contribution in [2.45, 2.75) is 32.1 Å². The van der Waals surface area contributed by atoms with Gasteiger partial charge in [0.2, 0.25) is 5.91 Å². The number of amides is 2. The maximum atomic E-state index is 13.0. The third-order valence-electron chi connectivity index (χ3n) is 5.32. The SMILES string of the molecule is Cc1c(NC(=O)CSc2ccccc2C(=O)NCCC(C)C)c(=O)n(-c2ccccc2)n1C. The molecule has 0 aliphatic rings. The van der Waals surface area contributed by atoms with Crippen molar-refractivity contribution in [1.82, 2.24) is 14.7 Å². The zero-order valence-corrected chi connectivity index (χ0v) is 20.2. The van der Waals surface area contributed by atoms with E-state index in [2.05, 4.69) is 24.5 Å². The van der Waals surface area contributed by atoms with E-state index in [1.165, 1.54) is 16.4 Å². The van der Waals surface area contributed by atoms with E-state index >= 15 is 0 Å². The van der Waals surface area contributed by atoms with Crippen molar-refractivity contribution in [3.8, 4) is 5.69 Å². The summed E-state index contributed by atoms with van der Waals surface area (Å²) in [5, 5.41) is 5.70. The maximum Gasteiger partial charge on any atom is 0.295 e. The maximum absolute atomic E-state index is 13.0. The van der Waals surface area contributed by atoms with Gasteiger partial charge in [0.25, 0.3) is 11.5 Å². The smallest absolute Gasteiger partial charge is 0.295 e. The van der Waals surface area contributed by atoms with Crippen molar-refractivity contribution in [1.29, 1.82) is 0 Å². The Kier molecular flexibility index (Phi) is 8.16. The highest BCUT2D eigenvalue weighted by Crippen LogP contribution is 2.23. The van der Waals surface area contributed by atoms with E-state index in [0.717, 1.165) is 17.0 Å². The van der Waals surface area contributed by atoms with Crippen LogP contribution in [0.5, 0.6) is 0 Å². The van der Waals surface area contributed by atoms with E-state index in [1.807, 2.05) is 42.5 Å². The van der Waals surface area contributed by atoms with E-state index in [0.29, 0.717) is 23.7 Å². The fourth-order valence-corrected chi connectivity index (χ4v) is 4.23. The second-order valence-electron chi connectivity index (χ2n) is 8.21. The quantitative estimate of drug-likeness (QED) is 0.467. The van der Waals surface area contributed by atoms with Crippen LogP contribution in [0.2, 0.25) is 0 Å². The molecule has 1 aromatic heterocycles. The van der Waals surface area contributed by atoms with Crippen LogP contribution in [0.3, 0.4) is 0 Å². The normalized spacial score (nSPS) is 10.9. The second-order valence-corrected chi connectivity index (χ2v) is 9.23. The summed E-state index contributed by atoms with van der Waals surface area (Å²) in [5.74, 6) is 0.131. The number of aromatic nitrogens is 2. The molecule has 1 heterocycles. The fraction of sp³-hybridized carbons (Fsp3) is 0.320. The van der Waals surface area contributed by atoms with E-state index in [4.69, 9.17) is 0 Å². The van der Waals surface area contributed by atoms with Gasteiger partial charge in [0.15, 0.2) is 0 Å². The van der Waals surface area contributed by atoms with E-state index in [9.17, 15) is 14.4 Å². The molecule has 0 saturated heterocycles. The number of thioether (sulfide) groups is 1. The zero-order valence-electron chi connectivity index (χ0n) is 19.4. The zero-order chi connectivity index (χ0) is 24.0. The number of rotatable bonds is 9. The van der Waals surface area contributed by atoms with Crippen LogP contribution in [0.4, 0.5) is 5.69 Å². The first-order valence-corrected chi connectivity index (χ1v) is 11.9. The minimum absolute atomic E-state index is 0.0788. The van der Waals surface area contributed by atoms with Gasteiger partial charge in [-0.3, -0.25) is 19.1 Å². The van der Waals surface area contributed by atoms with Gasteiger partial charge in [0.05, 0.1) is 22.7 Å². The minimum atomic E-state index is -0.305. The lowest BCUT2D eigenvalue weighted by molar-refractivity contribution is -0.113. The first-order chi connectivity index (χ1) is 15.8. The molecule has 7 nitrogen and oxygen atoms in total. The fourth-order valence-electron chi connectivity index (χ4n) is 3.38. The Bertz CT molecular complexity index is 1180. The Morgan fingerprint density at radius 3 is 2.39 bits per heavy atom. The Hall–Kier alpha value is -3.26. The highest BCUT2D eigenvalue weighted by Gasteiger charge is 2.19. The molecule has 33 heavy (non-hydrogen) atoms. The van der Waals surface area contributed by atoms with Gasteiger partial charge in [0, 0.05) is 18.5 Å². The van der Waals surface area contributed by atoms with Gasteiger partial charge in [-0.2, -0.15) is 0 Å². The molecule has 174 valence electrons. The first kappa shape index (κ1) is 24.4. The van der Waals surface area contributed by atoms with Crippen LogP contribution in [0.25, 0.3) is 5.69 Å². The molecule has 8 heteroatoms. The number of carbonyl (C=O) groups excluding carboxylic acids is 2. The molecule has 0 spiro atoms. The second kappa shape index (κ2) is 11.0. The number of hydrogen-bond donors (Lipinski definition) is 2. The van der Waals surface area contributed by atoms with E-state index in [1.54, 1.807) is 30.8 Å². The molecule has 0 radical (unpaired) electrons. The summed E-state index contributed by atoms with van der Waals surface area (Å²) in [6.07, 6.45) is 0.903. The van der Waals surface area contributed by atoms with Crippen molar-refractivity contribution in [2.75, 3.05) is 17.6 Å². The topological polar surface area (TPSA) is 85.1 Å². The predicted octanol–water partition coefficient (Wildman–Crippen LogP) is 3.99. The summed E-state index contributed by atoms with van der Waals surface area (Å²) >= 11 is 1.27. The predicted molar refractivity (Wildman–Crippen MR) is 133 cm³/mol. The number of benzene rings is 2. The van der Waals surface area contributed by atoms with Crippen molar-refractivity contribution in [3.05, 3.63) is 76.2 Å². The molecule has 0 aliphatic heterocycles. The van der Waals surface area contributed by atoms with Crippen LogP contribution < -0.4 is 16.2 Å². The van der Waals surface area contributed by atoms with Crippen molar-refractivity contribution >= 4 is 29.3 Å². The standard InChI is InChI=1S/C25H30N4O3S/c1-17(2)14-15-26-24(31)20-12-8-9-13-21(20)33-16-22(30)27-23-18(3)28(4)29(25(23)32)19-10-6-5-7-11-19/h5-13,17H,14-16H2,1-4H3,(H,26,31)(H,27,30). The van der Waals surface area contributed by atoms with Crippen LogP contribution >= 0.6 is 11.8 Å². The van der Waals surface area contributed by atoms with Gasteiger partial charge in [-0.05, 0) is 43.5 Å². The van der Waals surface area contributed by atoms with Crippen LogP contribution in [0, 0.1) is 12.8 Å². The third kappa shape index (κ3) is 5.96. The molecule has 2 amide bonds. The lowest BCUT2D eigenvalue weighted by Crippen LogP contribution is -2.26. The van der Waals surface area contributed by atoms with Crippen LogP contribution in [-0.4, -0.2) is 33.5 Å². The lowest BCUT2D eigenvalue weighted by Gasteiger charge is -2.11. The number of nitrogens with zero attached hydrogens (tertiary/aromatic N) is 2. The summed E-state index contributed by atoms with van der Waals surface area (Å²) in [4.78, 5) is 39.0. The summed E-state index contributed by atoms with van der Waals surface area (Å²) < 4.78 is 3.24. The molecule has 0 bridgehead atoms. The van der Waals surface area contributed by atoms with Crippen LogP contribution in [-0.2, 0) is 11.8 Å². The Labute approximate surface area is 198 Å². The van der Waals surface area contributed by atoms with Gasteiger partial charge < -0.3 is 10.6 Å². The number of hydrogen-bond acceptors (Lipinski definition) is 4. The largest absolute Gasteiger partial charge is 0.352 e. The third-order valence-corrected chi connectivity index (χ3v) is 6.39. The van der Waals surface area contributed by atoms with Crippen molar-refractivity contribution in [3.63, 3.8) is 0 Å². The molecule has 3 aromatic rings. The highest BCUT2D eigenvalue weighted by atomic mass is 32.2. The molecule has 0 saturated carbocycles. The monoisotopic (exact) mass is 466 g/mol. The first-order valence-electron chi connectivity index (χ1n) is 10.9. The van der Waals surface area contributed by atoms with E-state index in [-0.39, 0.29) is 28.8 Å². The molecule has 2 N–H and O–H groups in total. The lowest BCUT2D eigenvalue weighted by atomic mass is 10.1. The molecular weight excluding hydrogens is 436 g/mol.